The fourth-order valence-electron chi connectivity index (χ4n) is 7.54. The number of fused-ring (bicyclic) bond motifs is 5. The molecule has 0 N–H and O–H groups in total. The monoisotopic (exact) mass is 214 g/mol. The van der Waals surface area contributed by atoms with Crippen molar-refractivity contribution in [2.75, 3.05) is 0 Å². The van der Waals surface area contributed by atoms with E-state index >= 15 is 0 Å². The normalized spacial score (nSPS) is 68.2. The van der Waals surface area contributed by atoms with Crippen LogP contribution in [0.1, 0.15) is 39.0 Å². The van der Waals surface area contributed by atoms with Crippen LogP contribution in [0.15, 0.2) is 12.2 Å². The van der Waals surface area contributed by atoms with E-state index in [2.05, 4.69) is 19.1 Å². The quantitative estimate of drug-likeness (QED) is 0.581. The average Bonchev–Trinajstić information content (AvgIpc) is 2.99. The number of allylic oxidation sites excluding steroid dienone is 2. The van der Waals surface area contributed by atoms with Gasteiger partial charge >= 0.3 is 0 Å². The summed E-state index contributed by atoms with van der Waals surface area (Å²) >= 11 is 0. The number of rotatable bonds is 1. The Labute approximate surface area is 98.5 Å². The molecule has 16 heavy (non-hydrogen) atoms. The molecule has 0 heterocycles. The van der Waals surface area contributed by atoms with Crippen LogP contribution in [0, 0.1) is 46.8 Å². The van der Waals surface area contributed by atoms with E-state index in [1.54, 1.807) is 25.7 Å². The summed E-state index contributed by atoms with van der Waals surface area (Å²) in [5.41, 5.74) is 0.848. The molecule has 4 fully saturated rings. The summed E-state index contributed by atoms with van der Waals surface area (Å²) in [5.74, 6) is 7.73. The van der Waals surface area contributed by atoms with E-state index in [0.29, 0.717) is 0 Å². The highest BCUT2D eigenvalue weighted by molar-refractivity contribution is 5.29. The van der Waals surface area contributed by atoms with Crippen molar-refractivity contribution in [3.63, 3.8) is 0 Å². The van der Waals surface area contributed by atoms with Gasteiger partial charge in [0.1, 0.15) is 0 Å². The third kappa shape index (κ3) is 0.646. The van der Waals surface area contributed by atoms with Gasteiger partial charge in [0.25, 0.3) is 0 Å². The predicted octanol–water partition coefficient (Wildman–Crippen LogP) is 3.88. The number of hydrogen-bond donors (Lipinski definition) is 0. The van der Waals surface area contributed by atoms with Gasteiger partial charge in [-0.15, -0.1) is 0 Å². The summed E-state index contributed by atoms with van der Waals surface area (Å²) in [5, 5.41) is 0. The van der Waals surface area contributed by atoms with Crippen LogP contribution in [-0.4, -0.2) is 0 Å². The molecule has 4 saturated carbocycles. The van der Waals surface area contributed by atoms with Gasteiger partial charge in [0.05, 0.1) is 0 Å². The van der Waals surface area contributed by atoms with Crippen molar-refractivity contribution in [2.24, 2.45) is 46.8 Å². The predicted molar refractivity (Wildman–Crippen MR) is 64.8 cm³/mol. The van der Waals surface area contributed by atoms with E-state index < -0.39 is 0 Å². The molecule has 0 aromatic heterocycles. The van der Waals surface area contributed by atoms with E-state index in [1.165, 1.54) is 6.42 Å². The third-order valence-electron chi connectivity index (χ3n) is 7.57. The van der Waals surface area contributed by atoms with E-state index in [0.717, 1.165) is 46.8 Å². The van der Waals surface area contributed by atoms with Crippen LogP contribution in [0.5, 0.6) is 0 Å². The van der Waals surface area contributed by atoms with Crippen molar-refractivity contribution in [1.29, 1.82) is 0 Å². The zero-order valence-electron chi connectivity index (χ0n) is 10.2. The first kappa shape index (κ1) is 8.78. The van der Waals surface area contributed by atoms with Crippen LogP contribution < -0.4 is 0 Å². The Balaban J connectivity index is 1.70. The maximum absolute atomic E-state index is 2.62. The second kappa shape index (κ2) is 2.44. The van der Waals surface area contributed by atoms with Crippen LogP contribution in [-0.2, 0) is 0 Å². The minimum absolute atomic E-state index is 0.848. The Morgan fingerprint density at radius 3 is 3.00 bits per heavy atom. The Kier molecular flexibility index (Phi) is 1.34. The van der Waals surface area contributed by atoms with Crippen molar-refractivity contribution >= 4 is 0 Å². The van der Waals surface area contributed by atoms with Gasteiger partial charge < -0.3 is 0 Å². The van der Waals surface area contributed by atoms with E-state index in [1.807, 2.05) is 0 Å². The Morgan fingerprint density at radius 1 is 1.19 bits per heavy atom. The maximum atomic E-state index is 2.62. The van der Waals surface area contributed by atoms with Crippen molar-refractivity contribution in [3.05, 3.63) is 12.2 Å². The average molecular weight is 214 g/mol. The minimum atomic E-state index is 0.848. The molecule has 0 aromatic carbocycles. The smallest absolute Gasteiger partial charge is 0.0165 e. The van der Waals surface area contributed by atoms with Gasteiger partial charge in [-0.25, -0.2) is 0 Å². The van der Waals surface area contributed by atoms with Crippen molar-refractivity contribution in [1.82, 2.24) is 0 Å². The van der Waals surface area contributed by atoms with Crippen LogP contribution in [0.4, 0.5) is 0 Å². The Hall–Kier alpha value is -0.260. The molecule has 5 rings (SSSR count). The zero-order chi connectivity index (χ0) is 10.5. The number of hydrogen-bond acceptors (Lipinski definition) is 0. The first-order valence-electron chi connectivity index (χ1n) is 7.54. The molecule has 0 aliphatic heterocycles. The molecule has 4 bridgehead atoms. The lowest BCUT2D eigenvalue weighted by Gasteiger charge is -2.45. The molecule has 5 aliphatic rings. The molecule has 0 aromatic rings. The lowest BCUT2D eigenvalue weighted by Crippen LogP contribution is -2.40. The maximum Gasteiger partial charge on any atom is -0.0165 e. The van der Waals surface area contributed by atoms with Crippen molar-refractivity contribution in [3.8, 4) is 0 Å². The second-order valence-corrected chi connectivity index (χ2v) is 7.31. The fraction of sp³-hybridized carbons (Fsp3) is 0.875. The van der Waals surface area contributed by atoms with E-state index in [9.17, 15) is 0 Å². The second-order valence-electron chi connectivity index (χ2n) is 7.31. The minimum Gasteiger partial charge on any atom is -0.0848 e. The highest BCUT2D eigenvalue weighted by Crippen LogP contribution is 2.80. The topological polar surface area (TPSA) is 0 Å². The third-order valence-corrected chi connectivity index (χ3v) is 7.57. The summed E-state index contributed by atoms with van der Waals surface area (Å²) in [6.45, 7) is 2.45. The Bertz CT molecular complexity index is 381. The van der Waals surface area contributed by atoms with Crippen molar-refractivity contribution in [2.45, 2.75) is 39.0 Å². The lowest BCUT2D eigenvalue weighted by molar-refractivity contribution is 0.0467. The molecule has 8 atom stereocenters. The van der Waals surface area contributed by atoms with E-state index in [4.69, 9.17) is 0 Å². The standard InChI is InChI=1S/C16H22/c1-2-11-12-5-6-16-10-4-3-9(7-10)15(16)13(11)8-14(12)16/h3-4,9-15H,2,5-8H2,1H3. The molecule has 0 nitrogen and oxygen atoms in total. The van der Waals surface area contributed by atoms with Gasteiger partial charge in [-0.05, 0) is 72.5 Å². The molecule has 1 spiro atoms. The zero-order valence-corrected chi connectivity index (χ0v) is 10.2. The fourth-order valence-corrected chi connectivity index (χ4v) is 7.54. The van der Waals surface area contributed by atoms with Gasteiger partial charge in [0.15, 0.2) is 0 Å². The molecule has 0 amide bonds. The van der Waals surface area contributed by atoms with Crippen LogP contribution in [0.25, 0.3) is 0 Å². The van der Waals surface area contributed by atoms with Crippen LogP contribution >= 0.6 is 0 Å². The highest BCUT2D eigenvalue weighted by Gasteiger charge is 2.74. The van der Waals surface area contributed by atoms with Crippen LogP contribution in [0.3, 0.4) is 0 Å². The summed E-state index contributed by atoms with van der Waals surface area (Å²) < 4.78 is 0. The lowest BCUT2D eigenvalue weighted by atomic mass is 9.59. The molecular formula is C16H22. The summed E-state index contributed by atoms with van der Waals surface area (Å²) in [6.07, 6.45) is 13.0. The SMILES string of the molecule is CCC1C2CCC34C5C=CC(C5)C3C1CC24. The highest BCUT2D eigenvalue weighted by atomic mass is 14.8. The summed E-state index contributed by atoms with van der Waals surface area (Å²) in [6, 6.07) is 0. The summed E-state index contributed by atoms with van der Waals surface area (Å²) in [4.78, 5) is 0. The van der Waals surface area contributed by atoms with E-state index in [-0.39, 0.29) is 0 Å². The molecule has 0 radical (unpaired) electrons. The molecule has 86 valence electrons. The van der Waals surface area contributed by atoms with Crippen LogP contribution in [0.2, 0.25) is 0 Å². The largest absolute Gasteiger partial charge is 0.0848 e. The first-order valence-corrected chi connectivity index (χ1v) is 7.54. The molecular weight excluding hydrogens is 192 g/mol. The molecule has 8 unspecified atom stereocenters. The molecule has 0 saturated heterocycles. The van der Waals surface area contributed by atoms with Gasteiger partial charge in [0, 0.05) is 0 Å². The Morgan fingerprint density at radius 2 is 2.12 bits per heavy atom. The van der Waals surface area contributed by atoms with Gasteiger partial charge in [-0.3, -0.25) is 0 Å². The molecule has 5 aliphatic carbocycles. The first-order chi connectivity index (χ1) is 7.86. The van der Waals surface area contributed by atoms with Crippen molar-refractivity contribution < 1.29 is 0 Å². The summed E-state index contributed by atoms with van der Waals surface area (Å²) in [7, 11) is 0. The van der Waals surface area contributed by atoms with Gasteiger partial charge in [-0.2, -0.15) is 0 Å². The van der Waals surface area contributed by atoms with Gasteiger partial charge in [-0.1, -0.05) is 25.5 Å². The molecule has 0 heteroatoms. The van der Waals surface area contributed by atoms with Gasteiger partial charge in [0.2, 0.25) is 0 Å².